The van der Waals surface area contributed by atoms with Gasteiger partial charge in [0.2, 0.25) is 0 Å². The van der Waals surface area contributed by atoms with Crippen LogP contribution in [-0.2, 0) is 47.3 Å². The van der Waals surface area contributed by atoms with Gasteiger partial charge in [-0.05, 0) is 26.7 Å². The third-order valence-electron chi connectivity index (χ3n) is 4.60. The molecule has 1 fully saturated rings. The van der Waals surface area contributed by atoms with E-state index in [1.165, 1.54) is 12.1 Å². The van der Waals surface area contributed by atoms with Crippen molar-refractivity contribution < 1.29 is 51.1 Å². The molecule has 1 amide bonds. The first kappa shape index (κ1) is 21.6. The fraction of sp³-hybridized carbons (Fsp3) is 0.500. The second kappa shape index (κ2) is 8.28. The Morgan fingerprint density at radius 3 is 2.17 bits per heavy atom. The number of hydroxylamine groups is 1. The van der Waals surface area contributed by atoms with Crippen LogP contribution in [0, 0.1) is 6.92 Å². The van der Waals surface area contributed by atoms with Crippen molar-refractivity contribution in [1.29, 1.82) is 0 Å². The second-order valence-corrected chi connectivity index (χ2v) is 8.47. The minimum Gasteiger partial charge on any atom is -0.301 e. The number of nitrogens with zero attached hydrogens (tertiary/aromatic N) is 1. The zero-order valence-electron chi connectivity index (χ0n) is 14.0. The first-order chi connectivity index (χ1) is 10.7. The summed E-state index contributed by atoms with van der Waals surface area (Å²) in [5, 5.41) is 9.09. The number of carbonyl (C=O) groups is 1. The average Bonchev–Trinajstić information content (AvgIpc) is 2.54. The summed E-state index contributed by atoms with van der Waals surface area (Å²) in [5.74, 6) is -0.861. The number of benzene rings is 1. The van der Waals surface area contributed by atoms with E-state index in [1.54, 1.807) is 17.6 Å². The Labute approximate surface area is 168 Å². The van der Waals surface area contributed by atoms with Gasteiger partial charge < -0.3 is 4.90 Å². The second-order valence-electron chi connectivity index (χ2n) is 6.21. The topological polar surface area (TPSA) is 86.7 Å². The van der Waals surface area contributed by atoms with Gasteiger partial charge in [0.25, 0.3) is 5.91 Å². The van der Waals surface area contributed by atoms with E-state index in [2.05, 4.69) is 11.8 Å². The van der Waals surface area contributed by atoms with Crippen molar-refractivity contribution in [3.63, 3.8) is 0 Å². The van der Waals surface area contributed by atoms with Gasteiger partial charge >= 0.3 is 0 Å². The summed E-state index contributed by atoms with van der Waals surface area (Å²) in [5.41, 5.74) is 2.25. The number of likely N-dealkylation sites (tertiary alicyclic amines) is 1. The number of nitrogens with one attached hydrogen (secondary N) is 1. The van der Waals surface area contributed by atoms with Gasteiger partial charge in [-0.1, -0.05) is 12.1 Å². The summed E-state index contributed by atoms with van der Waals surface area (Å²) in [6.45, 7) is 8.76. The molecule has 0 saturated carbocycles. The molecular weight excluding hydrogens is 405 g/mol. The maximum atomic E-state index is 13.1. The van der Waals surface area contributed by atoms with Gasteiger partial charge in [0.15, 0.2) is 14.6 Å². The van der Waals surface area contributed by atoms with Crippen LogP contribution in [0.15, 0.2) is 29.2 Å². The summed E-state index contributed by atoms with van der Waals surface area (Å²) >= 11 is 0. The zero-order valence-corrected chi connectivity index (χ0v) is 17.7. The van der Waals surface area contributed by atoms with Gasteiger partial charge in [0, 0.05) is 56.7 Å². The summed E-state index contributed by atoms with van der Waals surface area (Å²) in [6, 6.07) is 6.39. The van der Waals surface area contributed by atoms with E-state index < -0.39 is 20.5 Å². The van der Waals surface area contributed by atoms with Gasteiger partial charge in [-0.3, -0.25) is 10.0 Å². The first-order valence-electron chi connectivity index (χ1n) is 7.60. The maximum absolute atomic E-state index is 13.1. The van der Waals surface area contributed by atoms with Gasteiger partial charge in [-0.2, -0.15) is 24.6 Å². The molecule has 1 heterocycles. The zero-order chi connectivity index (χ0) is 17.3. The van der Waals surface area contributed by atoms with Crippen LogP contribution in [0.25, 0.3) is 0 Å². The molecule has 0 atom stereocenters. The fourth-order valence-electron chi connectivity index (χ4n) is 3.02. The minimum absolute atomic E-state index is 0. The Kier molecular flexibility index (Phi) is 7.44. The SMILES string of the molecule is [CH2-]c1ccc(S(=O)(=O)C2(C(=O)NO)CCN(C(C)C)CC2)cc1.[Y]. The third kappa shape index (κ3) is 3.85. The number of amides is 1. The molecule has 1 aromatic rings. The molecule has 1 saturated heterocycles. The number of rotatable bonds is 4. The predicted octanol–water partition coefficient (Wildman–Crippen LogP) is 1.39. The van der Waals surface area contributed by atoms with E-state index in [0.717, 1.165) is 0 Å². The predicted molar refractivity (Wildman–Crippen MR) is 86.7 cm³/mol. The molecule has 0 aliphatic carbocycles. The molecule has 6 nitrogen and oxygen atoms in total. The van der Waals surface area contributed by atoms with Gasteiger partial charge in [0.05, 0.1) is 0 Å². The Morgan fingerprint density at radius 1 is 1.25 bits per heavy atom. The Balaban J connectivity index is 0.00000288. The van der Waals surface area contributed by atoms with Crippen LogP contribution in [0.1, 0.15) is 32.3 Å². The molecule has 2 N–H and O–H groups in total. The molecule has 2 rings (SSSR count). The Hall–Kier alpha value is -0.466. The van der Waals surface area contributed by atoms with Crippen molar-refractivity contribution in [2.45, 2.75) is 42.4 Å². The summed E-state index contributed by atoms with van der Waals surface area (Å²) in [6.07, 6.45) is 0.290. The van der Waals surface area contributed by atoms with E-state index in [4.69, 9.17) is 5.21 Å². The van der Waals surface area contributed by atoms with Crippen molar-refractivity contribution in [2.24, 2.45) is 0 Å². The summed E-state index contributed by atoms with van der Waals surface area (Å²) in [7, 11) is -3.93. The van der Waals surface area contributed by atoms with Crippen molar-refractivity contribution in [1.82, 2.24) is 10.4 Å². The minimum atomic E-state index is -3.93. The van der Waals surface area contributed by atoms with E-state index >= 15 is 0 Å². The molecular formula is C16H23N2O4SY-. The number of hydrogen-bond donors (Lipinski definition) is 2. The first-order valence-corrected chi connectivity index (χ1v) is 9.08. The van der Waals surface area contributed by atoms with Crippen molar-refractivity contribution >= 4 is 15.7 Å². The van der Waals surface area contributed by atoms with Crippen LogP contribution < -0.4 is 5.48 Å². The average molecular weight is 428 g/mol. The van der Waals surface area contributed by atoms with Crippen molar-refractivity contribution in [2.75, 3.05) is 13.1 Å². The molecule has 0 spiro atoms. The molecule has 24 heavy (non-hydrogen) atoms. The normalized spacial score (nSPS) is 18.0. The molecule has 1 aromatic carbocycles. The molecule has 1 radical (unpaired) electrons. The maximum Gasteiger partial charge on any atom is 0.265 e. The smallest absolute Gasteiger partial charge is 0.265 e. The van der Waals surface area contributed by atoms with Crippen molar-refractivity contribution in [3.05, 3.63) is 36.8 Å². The Bertz CT molecular complexity index is 666. The van der Waals surface area contributed by atoms with E-state index in [-0.39, 0.29) is 56.5 Å². The van der Waals surface area contributed by atoms with E-state index in [0.29, 0.717) is 18.7 Å². The summed E-state index contributed by atoms with van der Waals surface area (Å²) < 4.78 is 24.5. The van der Waals surface area contributed by atoms with Crippen LogP contribution in [0.2, 0.25) is 0 Å². The number of hydrogen-bond acceptors (Lipinski definition) is 5. The third-order valence-corrected chi connectivity index (χ3v) is 7.11. The van der Waals surface area contributed by atoms with Crippen LogP contribution in [0.5, 0.6) is 0 Å². The van der Waals surface area contributed by atoms with Gasteiger partial charge in [-0.25, -0.2) is 13.9 Å². The molecule has 8 heteroatoms. The quantitative estimate of drug-likeness (QED) is 0.430. The number of carbonyl (C=O) groups excluding carboxylic acids is 1. The Morgan fingerprint density at radius 2 is 1.75 bits per heavy atom. The number of piperidine rings is 1. The molecule has 1 aliphatic heterocycles. The van der Waals surface area contributed by atoms with Crippen LogP contribution in [0.4, 0.5) is 0 Å². The molecule has 0 unspecified atom stereocenters. The van der Waals surface area contributed by atoms with Crippen LogP contribution >= 0.6 is 0 Å². The standard InChI is InChI=1S/C16H23N2O4S.Y/c1-12(2)18-10-8-16(9-11-18,15(19)17-20)23(21,22)14-6-4-13(3)5-7-14;/h4-7,12,20H,3,8-11H2,1-2H3,(H,17,19);/q-1;. The monoisotopic (exact) mass is 428 g/mol. The molecule has 1 aliphatic rings. The largest absolute Gasteiger partial charge is 0.301 e. The number of sulfone groups is 1. The van der Waals surface area contributed by atoms with Crippen molar-refractivity contribution in [3.8, 4) is 0 Å². The van der Waals surface area contributed by atoms with E-state index in [9.17, 15) is 13.2 Å². The molecule has 131 valence electrons. The van der Waals surface area contributed by atoms with Gasteiger partial charge in [0.1, 0.15) is 0 Å². The van der Waals surface area contributed by atoms with Gasteiger partial charge in [-0.15, -0.1) is 0 Å². The molecule has 0 aromatic heterocycles. The van der Waals surface area contributed by atoms with Crippen LogP contribution in [-0.4, -0.2) is 48.3 Å². The van der Waals surface area contributed by atoms with Crippen LogP contribution in [0.3, 0.4) is 0 Å². The molecule has 0 bridgehead atoms. The van der Waals surface area contributed by atoms with E-state index in [1.807, 2.05) is 13.8 Å². The fourth-order valence-corrected chi connectivity index (χ4v) is 4.97. The summed E-state index contributed by atoms with van der Waals surface area (Å²) in [4.78, 5) is 14.5.